The van der Waals surface area contributed by atoms with Crippen LogP contribution in [0.5, 0.6) is 0 Å². The summed E-state index contributed by atoms with van der Waals surface area (Å²) in [6, 6.07) is -0.270. The Balaban J connectivity index is 2.70. The fraction of sp³-hybridized carbons (Fsp3) is 0.857. The van der Waals surface area contributed by atoms with Gasteiger partial charge in [0.1, 0.15) is 5.60 Å². The highest BCUT2D eigenvalue weighted by Crippen LogP contribution is 2.22. The van der Waals surface area contributed by atoms with Crippen LogP contribution in [0.3, 0.4) is 0 Å². The van der Waals surface area contributed by atoms with Crippen molar-refractivity contribution in [3.05, 3.63) is 0 Å². The molecule has 1 fully saturated rings. The second-order valence-corrected chi connectivity index (χ2v) is 5.90. The molecule has 1 aliphatic rings. The molecule has 4 nitrogen and oxygen atoms in total. The maximum absolute atomic E-state index is 12.1. The van der Waals surface area contributed by atoms with E-state index in [1.54, 1.807) is 4.90 Å². The molecule has 0 radical (unpaired) electrons. The highest BCUT2D eigenvalue weighted by atomic mass is 16.6. The van der Waals surface area contributed by atoms with Crippen LogP contribution in [-0.4, -0.2) is 35.0 Å². The van der Waals surface area contributed by atoms with Gasteiger partial charge < -0.3 is 4.74 Å². The Morgan fingerprint density at radius 3 is 2.50 bits per heavy atom. The van der Waals surface area contributed by atoms with Crippen LogP contribution in [0.4, 0.5) is 4.79 Å². The normalized spacial score (nSPS) is 20.7. The van der Waals surface area contributed by atoms with E-state index in [2.05, 4.69) is 0 Å². The summed E-state index contributed by atoms with van der Waals surface area (Å²) in [7, 11) is 0. The number of hydrogen-bond donors (Lipinski definition) is 0. The van der Waals surface area contributed by atoms with E-state index < -0.39 is 5.60 Å². The molecule has 1 atom stereocenters. The molecular weight excluding hydrogens is 230 g/mol. The monoisotopic (exact) mass is 255 g/mol. The van der Waals surface area contributed by atoms with Crippen LogP contribution in [0.2, 0.25) is 0 Å². The van der Waals surface area contributed by atoms with Gasteiger partial charge in [-0.25, -0.2) is 4.79 Å². The van der Waals surface area contributed by atoms with E-state index in [1.165, 1.54) is 0 Å². The maximum Gasteiger partial charge on any atom is 0.410 e. The summed E-state index contributed by atoms with van der Waals surface area (Å²) in [6.45, 7) is 8.15. The molecule has 0 spiro atoms. The Bertz CT molecular complexity index is 307. The highest BCUT2D eigenvalue weighted by molar-refractivity contribution is 5.87. The van der Waals surface area contributed by atoms with Crippen molar-refractivity contribution in [3.8, 4) is 0 Å². The SMILES string of the molecule is CCCC(=O)[C@@H]1CCCCN1C(=O)OC(C)(C)C. The predicted octanol–water partition coefficient (Wildman–Crippen LogP) is 3.15. The lowest BCUT2D eigenvalue weighted by Crippen LogP contribution is -2.49. The van der Waals surface area contributed by atoms with E-state index >= 15 is 0 Å². The Morgan fingerprint density at radius 1 is 1.28 bits per heavy atom. The van der Waals surface area contributed by atoms with E-state index in [1.807, 2.05) is 27.7 Å². The first-order valence-electron chi connectivity index (χ1n) is 6.87. The zero-order chi connectivity index (χ0) is 13.8. The van der Waals surface area contributed by atoms with Crippen LogP contribution in [0, 0.1) is 0 Å². The number of likely N-dealkylation sites (tertiary alicyclic amines) is 1. The molecule has 1 amide bonds. The molecule has 1 rings (SSSR count). The van der Waals surface area contributed by atoms with Crippen LogP contribution in [0.1, 0.15) is 59.8 Å². The van der Waals surface area contributed by atoms with Crippen molar-refractivity contribution in [2.45, 2.75) is 71.4 Å². The summed E-state index contributed by atoms with van der Waals surface area (Å²) in [5.74, 6) is 0.169. The molecule has 1 aliphatic heterocycles. The van der Waals surface area contributed by atoms with Gasteiger partial charge in [0.15, 0.2) is 5.78 Å². The fourth-order valence-electron chi connectivity index (χ4n) is 2.22. The first kappa shape index (κ1) is 15.0. The number of amides is 1. The average Bonchev–Trinajstić information content (AvgIpc) is 2.27. The average molecular weight is 255 g/mol. The number of ketones is 1. The minimum atomic E-state index is -0.507. The van der Waals surface area contributed by atoms with Crippen molar-refractivity contribution in [1.82, 2.24) is 4.90 Å². The Labute approximate surface area is 110 Å². The van der Waals surface area contributed by atoms with Gasteiger partial charge in [-0.1, -0.05) is 6.92 Å². The van der Waals surface area contributed by atoms with Gasteiger partial charge in [-0.15, -0.1) is 0 Å². The van der Waals surface area contributed by atoms with Crippen LogP contribution in [0.25, 0.3) is 0 Å². The number of carbonyl (C=O) groups excluding carboxylic acids is 2. The van der Waals surface area contributed by atoms with Crippen LogP contribution in [-0.2, 0) is 9.53 Å². The van der Waals surface area contributed by atoms with Crippen molar-refractivity contribution in [3.63, 3.8) is 0 Å². The summed E-state index contributed by atoms with van der Waals surface area (Å²) in [6.07, 6.45) is 3.77. The van der Waals surface area contributed by atoms with E-state index in [0.717, 1.165) is 25.7 Å². The third kappa shape index (κ3) is 4.31. The summed E-state index contributed by atoms with van der Waals surface area (Å²) in [5, 5.41) is 0. The van der Waals surface area contributed by atoms with Crippen LogP contribution >= 0.6 is 0 Å². The van der Waals surface area contributed by atoms with E-state index in [0.29, 0.717) is 13.0 Å². The molecule has 104 valence electrons. The molecule has 0 saturated carbocycles. The van der Waals surface area contributed by atoms with Crippen molar-refractivity contribution in [1.29, 1.82) is 0 Å². The van der Waals surface area contributed by atoms with Crippen molar-refractivity contribution >= 4 is 11.9 Å². The van der Waals surface area contributed by atoms with Gasteiger partial charge in [0.05, 0.1) is 6.04 Å². The molecule has 4 heteroatoms. The predicted molar refractivity (Wildman–Crippen MR) is 70.5 cm³/mol. The molecule has 0 bridgehead atoms. The van der Waals surface area contributed by atoms with Gasteiger partial charge in [-0.3, -0.25) is 9.69 Å². The van der Waals surface area contributed by atoms with Gasteiger partial charge in [0.25, 0.3) is 0 Å². The topological polar surface area (TPSA) is 46.6 Å². The number of hydrogen-bond acceptors (Lipinski definition) is 3. The molecule has 1 heterocycles. The van der Waals surface area contributed by atoms with Gasteiger partial charge in [-0.2, -0.15) is 0 Å². The first-order valence-corrected chi connectivity index (χ1v) is 6.87. The van der Waals surface area contributed by atoms with E-state index in [4.69, 9.17) is 4.74 Å². The summed E-state index contributed by atoms with van der Waals surface area (Å²) in [4.78, 5) is 25.7. The number of Topliss-reactive ketones (excluding diaryl/α,β-unsaturated/α-hetero) is 1. The largest absolute Gasteiger partial charge is 0.444 e. The van der Waals surface area contributed by atoms with E-state index in [-0.39, 0.29) is 17.9 Å². The summed E-state index contributed by atoms with van der Waals surface area (Å²) >= 11 is 0. The molecule has 0 aromatic rings. The lowest BCUT2D eigenvalue weighted by atomic mass is 9.96. The molecular formula is C14H25NO3. The Kier molecular flexibility index (Phi) is 5.17. The highest BCUT2D eigenvalue weighted by Gasteiger charge is 2.33. The second-order valence-electron chi connectivity index (χ2n) is 5.90. The zero-order valence-electron chi connectivity index (χ0n) is 12.0. The van der Waals surface area contributed by atoms with Crippen LogP contribution in [0.15, 0.2) is 0 Å². The molecule has 0 unspecified atom stereocenters. The number of carbonyl (C=O) groups is 2. The summed E-state index contributed by atoms with van der Waals surface area (Å²) in [5.41, 5.74) is -0.507. The Morgan fingerprint density at radius 2 is 1.94 bits per heavy atom. The van der Waals surface area contributed by atoms with Crippen molar-refractivity contribution < 1.29 is 14.3 Å². The van der Waals surface area contributed by atoms with Crippen molar-refractivity contribution in [2.75, 3.05) is 6.54 Å². The van der Waals surface area contributed by atoms with E-state index in [9.17, 15) is 9.59 Å². The van der Waals surface area contributed by atoms with Crippen LogP contribution < -0.4 is 0 Å². The third-order valence-corrected chi connectivity index (χ3v) is 3.00. The molecule has 18 heavy (non-hydrogen) atoms. The molecule has 0 aromatic heterocycles. The molecule has 1 saturated heterocycles. The number of nitrogens with zero attached hydrogens (tertiary/aromatic N) is 1. The van der Waals surface area contributed by atoms with Gasteiger partial charge >= 0.3 is 6.09 Å². The summed E-state index contributed by atoms with van der Waals surface area (Å²) < 4.78 is 5.37. The zero-order valence-corrected chi connectivity index (χ0v) is 12.0. The molecule has 0 N–H and O–H groups in total. The van der Waals surface area contributed by atoms with Gasteiger partial charge in [0.2, 0.25) is 0 Å². The number of ether oxygens (including phenoxy) is 1. The van der Waals surface area contributed by atoms with Crippen molar-refractivity contribution in [2.24, 2.45) is 0 Å². The lowest BCUT2D eigenvalue weighted by Gasteiger charge is -2.35. The molecule has 0 aliphatic carbocycles. The standard InChI is InChI=1S/C14H25NO3/c1-5-8-12(16)11-9-6-7-10-15(11)13(17)18-14(2,3)4/h11H,5-10H2,1-4H3/t11-/m0/s1. The smallest absolute Gasteiger partial charge is 0.410 e. The third-order valence-electron chi connectivity index (χ3n) is 3.00. The first-order chi connectivity index (χ1) is 8.35. The fourth-order valence-corrected chi connectivity index (χ4v) is 2.22. The second kappa shape index (κ2) is 6.21. The maximum atomic E-state index is 12.1. The minimum Gasteiger partial charge on any atom is -0.444 e. The minimum absolute atomic E-state index is 0.169. The lowest BCUT2D eigenvalue weighted by molar-refractivity contribution is -0.125. The Hall–Kier alpha value is -1.06. The quantitative estimate of drug-likeness (QED) is 0.778. The molecule has 0 aromatic carbocycles. The van der Waals surface area contributed by atoms with Gasteiger partial charge in [-0.05, 0) is 46.5 Å². The van der Waals surface area contributed by atoms with Gasteiger partial charge in [0, 0.05) is 13.0 Å². The number of piperidine rings is 1. The number of rotatable bonds is 3.